The zero-order chi connectivity index (χ0) is 13.0. The van der Waals surface area contributed by atoms with Crippen LogP contribution in [0.5, 0.6) is 0 Å². The molecule has 0 aliphatic carbocycles. The number of benzene rings is 1. The summed E-state index contributed by atoms with van der Waals surface area (Å²) in [5, 5.41) is 15.8. The van der Waals surface area contributed by atoms with Crippen LogP contribution in [0.3, 0.4) is 0 Å². The van der Waals surface area contributed by atoms with Gasteiger partial charge < -0.3 is 5.32 Å². The number of nitro benzene ring substituents is 1. The normalized spacial score (nSPS) is 10.3. The van der Waals surface area contributed by atoms with Crippen molar-refractivity contribution in [1.82, 2.24) is 0 Å². The first-order chi connectivity index (χ1) is 8.70. The maximum absolute atomic E-state index is 10.9. The summed E-state index contributed by atoms with van der Waals surface area (Å²) < 4.78 is 1.22. The fraction of sp³-hybridized carbons (Fsp3) is 0.167. The van der Waals surface area contributed by atoms with Crippen molar-refractivity contribution in [1.29, 1.82) is 0 Å². The highest BCUT2D eigenvalue weighted by atomic mass is 32.2. The first-order valence-electron chi connectivity index (χ1n) is 5.32. The van der Waals surface area contributed by atoms with Gasteiger partial charge in [0.25, 0.3) is 5.69 Å². The number of anilines is 1. The molecular weight excluding hydrogens is 268 g/mol. The van der Waals surface area contributed by atoms with Crippen LogP contribution in [-0.2, 0) is 5.75 Å². The van der Waals surface area contributed by atoms with Gasteiger partial charge in [-0.1, -0.05) is 12.1 Å². The number of nitro groups is 1. The third kappa shape index (κ3) is 3.02. The maximum Gasteiger partial charge on any atom is 0.292 e. The van der Waals surface area contributed by atoms with E-state index in [0.29, 0.717) is 5.69 Å². The Morgan fingerprint density at radius 1 is 1.44 bits per heavy atom. The first kappa shape index (κ1) is 12.9. The van der Waals surface area contributed by atoms with Crippen molar-refractivity contribution in [3.63, 3.8) is 0 Å². The molecule has 2 rings (SSSR count). The second kappa shape index (κ2) is 5.88. The summed E-state index contributed by atoms with van der Waals surface area (Å²) in [5.41, 5.74) is 1.63. The van der Waals surface area contributed by atoms with E-state index in [1.807, 2.05) is 23.6 Å². The van der Waals surface area contributed by atoms with Gasteiger partial charge in [-0.2, -0.15) is 0 Å². The predicted octanol–water partition coefficient (Wildman–Crippen LogP) is 3.99. The van der Waals surface area contributed by atoms with Crippen LogP contribution in [0.15, 0.2) is 39.9 Å². The van der Waals surface area contributed by atoms with Gasteiger partial charge >= 0.3 is 0 Å². The SMILES string of the molecule is CNc1ccc(CSc2cccs2)cc1[N+](=O)[O-]. The minimum atomic E-state index is -0.356. The first-order valence-corrected chi connectivity index (χ1v) is 7.18. The second-order valence-electron chi connectivity index (χ2n) is 3.58. The molecule has 0 saturated carbocycles. The van der Waals surface area contributed by atoms with Crippen LogP contribution in [0.2, 0.25) is 0 Å². The standard InChI is InChI=1S/C12H12N2O2S2/c1-13-10-5-4-9(7-11(10)14(15)16)8-18-12-3-2-6-17-12/h2-7,13H,8H2,1H3. The molecule has 1 heterocycles. The lowest BCUT2D eigenvalue weighted by Gasteiger charge is -2.04. The van der Waals surface area contributed by atoms with Gasteiger partial charge in [0.05, 0.1) is 9.13 Å². The van der Waals surface area contributed by atoms with E-state index < -0.39 is 0 Å². The van der Waals surface area contributed by atoms with Gasteiger partial charge in [0.15, 0.2) is 0 Å². The van der Waals surface area contributed by atoms with Crippen molar-refractivity contribution < 1.29 is 4.92 Å². The lowest BCUT2D eigenvalue weighted by Crippen LogP contribution is -1.97. The minimum absolute atomic E-state index is 0.127. The molecule has 2 aromatic rings. The molecule has 1 N–H and O–H groups in total. The maximum atomic E-state index is 10.9. The van der Waals surface area contributed by atoms with E-state index in [1.165, 1.54) is 4.21 Å². The van der Waals surface area contributed by atoms with Gasteiger partial charge in [-0.05, 0) is 23.1 Å². The summed E-state index contributed by atoms with van der Waals surface area (Å²) in [5.74, 6) is 0.741. The van der Waals surface area contributed by atoms with Crippen LogP contribution in [0.1, 0.15) is 5.56 Å². The number of rotatable bonds is 5. The van der Waals surface area contributed by atoms with E-state index in [1.54, 1.807) is 42.3 Å². The topological polar surface area (TPSA) is 55.2 Å². The Kier molecular flexibility index (Phi) is 4.22. The summed E-state index contributed by atoms with van der Waals surface area (Å²) in [7, 11) is 1.68. The Hall–Kier alpha value is -1.53. The third-order valence-corrected chi connectivity index (χ3v) is 4.61. The summed E-state index contributed by atoms with van der Waals surface area (Å²) in [6, 6.07) is 9.35. The molecule has 0 bridgehead atoms. The lowest BCUT2D eigenvalue weighted by atomic mass is 10.2. The number of hydrogen-bond acceptors (Lipinski definition) is 5. The molecule has 0 aliphatic rings. The van der Waals surface area contributed by atoms with Gasteiger partial charge in [0.2, 0.25) is 0 Å². The Balaban J connectivity index is 2.14. The Morgan fingerprint density at radius 3 is 2.89 bits per heavy atom. The van der Waals surface area contributed by atoms with Crippen LogP contribution in [0, 0.1) is 10.1 Å². The fourth-order valence-corrected chi connectivity index (χ4v) is 3.26. The van der Waals surface area contributed by atoms with E-state index in [4.69, 9.17) is 0 Å². The third-order valence-electron chi connectivity index (χ3n) is 2.40. The molecule has 0 unspecified atom stereocenters. The quantitative estimate of drug-likeness (QED) is 0.511. The highest BCUT2D eigenvalue weighted by Crippen LogP contribution is 2.30. The van der Waals surface area contributed by atoms with Crippen molar-refractivity contribution in [2.45, 2.75) is 9.96 Å². The Labute approximate surface area is 113 Å². The van der Waals surface area contributed by atoms with Crippen molar-refractivity contribution >= 4 is 34.5 Å². The monoisotopic (exact) mass is 280 g/mol. The molecule has 0 spiro atoms. The fourth-order valence-electron chi connectivity index (χ4n) is 1.53. The molecule has 1 aromatic carbocycles. The molecule has 18 heavy (non-hydrogen) atoms. The molecule has 94 valence electrons. The van der Waals surface area contributed by atoms with Crippen LogP contribution < -0.4 is 5.32 Å². The molecule has 0 radical (unpaired) electrons. The average molecular weight is 280 g/mol. The molecule has 0 amide bonds. The number of nitrogens with one attached hydrogen (secondary N) is 1. The Bertz CT molecular complexity index is 541. The van der Waals surface area contributed by atoms with E-state index in [-0.39, 0.29) is 10.6 Å². The van der Waals surface area contributed by atoms with Crippen molar-refractivity contribution in [2.24, 2.45) is 0 Å². The zero-order valence-electron chi connectivity index (χ0n) is 9.75. The second-order valence-corrected chi connectivity index (χ2v) is 5.80. The summed E-state index contributed by atoms with van der Waals surface area (Å²) in [4.78, 5) is 10.6. The molecule has 4 nitrogen and oxygen atoms in total. The number of hydrogen-bond donors (Lipinski definition) is 1. The lowest BCUT2D eigenvalue weighted by molar-refractivity contribution is -0.384. The van der Waals surface area contributed by atoms with Crippen molar-refractivity contribution in [2.75, 3.05) is 12.4 Å². The highest BCUT2D eigenvalue weighted by molar-refractivity contribution is 8.00. The van der Waals surface area contributed by atoms with Crippen LogP contribution in [0.25, 0.3) is 0 Å². The molecule has 6 heteroatoms. The largest absolute Gasteiger partial charge is 0.383 e. The molecule has 0 saturated heterocycles. The van der Waals surface area contributed by atoms with Crippen LogP contribution in [-0.4, -0.2) is 12.0 Å². The highest BCUT2D eigenvalue weighted by Gasteiger charge is 2.13. The number of thioether (sulfide) groups is 1. The van der Waals surface area contributed by atoms with Gasteiger partial charge in [0.1, 0.15) is 5.69 Å². The van der Waals surface area contributed by atoms with Crippen LogP contribution in [0.4, 0.5) is 11.4 Å². The van der Waals surface area contributed by atoms with Crippen molar-refractivity contribution in [3.05, 3.63) is 51.4 Å². The van der Waals surface area contributed by atoms with Gasteiger partial charge in [-0.3, -0.25) is 10.1 Å². The van der Waals surface area contributed by atoms with Crippen LogP contribution >= 0.6 is 23.1 Å². The number of nitrogens with zero attached hydrogens (tertiary/aromatic N) is 1. The van der Waals surface area contributed by atoms with E-state index in [0.717, 1.165) is 11.3 Å². The summed E-state index contributed by atoms with van der Waals surface area (Å²) >= 11 is 3.37. The smallest absolute Gasteiger partial charge is 0.292 e. The Morgan fingerprint density at radius 2 is 2.28 bits per heavy atom. The zero-order valence-corrected chi connectivity index (χ0v) is 11.4. The van der Waals surface area contributed by atoms with E-state index >= 15 is 0 Å². The molecule has 0 atom stereocenters. The predicted molar refractivity (Wildman–Crippen MR) is 76.5 cm³/mol. The molecule has 0 fully saturated rings. The van der Waals surface area contributed by atoms with Crippen molar-refractivity contribution in [3.8, 4) is 0 Å². The molecule has 0 aliphatic heterocycles. The summed E-state index contributed by atoms with van der Waals surface area (Å²) in [6.07, 6.45) is 0. The number of thiophene rings is 1. The van der Waals surface area contributed by atoms with Gasteiger partial charge in [-0.25, -0.2) is 0 Å². The average Bonchev–Trinajstić information content (AvgIpc) is 2.89. The summed E-state index contributed by atoms with van der Waals surface area (Å²) in [6.45, 7) is 0. The van der Waals surface area contributed by atoms with Gasteiger partial charge in [-0.15, -0.1) is 23.1 Å². The minimum Gasteiger partial charge on any atom is -0.383 e. The van der Waals surface area contributed by atoms with Gasteiger partial charge in [0, 0.05) is 18.9 Å². The van der Waals surface area contributed by atoms with E-state index in [9.17, 15) is 10.1 Å². The molecule has 1 aromatic heterocycles. The molecular formula is C12H12N2O2S2. The van der Waals surface area contributed by atoms with E-state index in [2.05, 4.69) is 5.32 Å².